The second-order valence-electron chi connectivity index (χ2n) is 1.63. The summed E-state index contributed by atoms with van der Waals surface area (Å²) in [6, 6.07) is 0. The Hall–Kier alpha value is -0.830. The lowest BCUT2D eigenvalue weighted by atomic mass is 10.2. The van der Waals surface area contributed by atoms with Crippen molar-refractivity contribution in [3.05, 3.63) is 12.2 Å². The van der Waals surface area contributed by atoms with Gasteiger partial charge in [-0.1, -0.05) is 6.58 Å². The topological polar surface area (TPSA) is 43.4 Å². The first-order valence-corrected chi connectivity index (χ1v) is 2.90. The van der Waals surface area contributed by atoms with Gasteiger partial charge in [0.05, 0.1) is 13.5 Å². The number of carbonyl (C=O) groups excluding carboxylic acids is 2. The fraction of sp³-hybridized carbons (Fsp3) is 0.333. The Morgan fingerprint density at radius 3 is 2.40 bits per heavy atom. The van der Waals surface area contributed by atoms with Gasteiger partial charge in [0.25, 0.3) is 0 Å². The molecule has 0 N–H and O–H groups in total. The Morgan fingerprint density at radius 2 is 2.10 bits per heavy atom. The predicted octanol–water partition coefficient (Wildman–Crippen LogP) is 0.871. The number of ether oxygens (including phenoxy) is 1. The molecule has 0 rings (SSSR count). The Kier molecular flexibility index (Phi) is 3.72. The van der Waals surface area contributed by atoms with Crippen LogP contribution in [0.25, 0.3) is 0 Å². The van der Waals surface area contributed by atoms with E-state index in [2.05, 4.69) is 11.3 Å². The highest BCUT2D eigenvalue weighted by Crippen LogP contribution is 2.02. The van der Waals surface area contributed by atoms with Crippen LogP contribution >= 0.6 is 11.6 Å². The molecule has 0 aromatic carbocycles. The van der Waals surface area contributed by atoms with Gasteiger partial charge in [-0.3, -0.25) is 4.79 Å². The van der Waals surface area contributed by atoms with Crippen LogP contribution in [0.5, 0.6) is 0 Å². The molecule has 0 radical (unpaired) electrons. The SMILES string of the molecule is C=C(CC(=O)Cl)C(=O)OC. The normalized spacial score (nSPS) is 8.60. The summed E-state index contributed by atoms with van der Waals surface area (Å²) in [5, 5.41) is -0.615. The van der Waals surface area contributed by atoms with E-state index >= 15 is 0 Å². The molecule has 56 valence electrons. The van der Waals surface area contributed by atoms with E-state index in [4.69, 9.17) is 11.6 Å². The molecule has 0 atom stereocenters. The second kappa shape index (κ2) is 4.06. The second-order valence-corrected chi connectivity index (χ2v) is 2.05. The van der Waals surface area contributed by atoms with E-state index in [9.17, 15) is 9.59 Å². The van der Waals surface area contributed by atoms with E-state index in [1.54, 1.807) is 0 Å². The van der Waals surface area contributed by atoms with Gasteiger partial charge in [0.2, 0.25) is 5.24 Å². The molecule has 0 fully saturated rings. The zero-order valence-corrected chi connectivity index (χ0v) is 6.27. The van der Waals surface area contributed by atoms with Gasteiger partial charge in [-0.2, -0.15) is 0 Å². The van der Waals surface area contributed by atoms with Gasteiger partial charge in [-0.05, 0) is 11.6 Å². The summed E-state index contributed by atoms with van der Waals surface area (Å²) in [5.74, 6) is -0.603. The number of hydrogen-bond acceptors (Lipinski definition) is 3. The van der Waals surface area contributed by atoms with E-state index < -0.39 is 11.2 Å². The fourth-order valence-corrected chi connectivity index (χ4v) is 0.546. The lowest BCUT2D eigenvalue weighted by molar-refractivity contribution is -0.136. The zero-order valence-electron chi connectivity index (χ0n) is 5.52. The monoisotopic (exact) mass is 162 g/mol. The number of methoxy groups -OCH3 is 1. The summed E-state index contributed by atoms with van der Waals surface area (Å²) in [6.07, 6.45) is -0.159. The van der Waals surface area contributed by atoms with E-state index in [0.717, 1.165) is 0 Å². The van der Waals surface area contributed by atoms with Gasteiger partial charge in [0.15, 0.2) is 0 Å². The highest BCUT2D eigenvalue weighted by atomic mass is 35.5. The standard InChI is InChI=1S/C6H7ClO3/c1-4(3-5(7)8)6(9)10-2/h1,3H2,2H3. The Bertz CT molecular complexity index is 174. The number of rotatable bonds is 3. The summed E-state index contributed by atoms with van der Waals surface area (Å²) in [4.78, 5) is 20.7. The van der Waals surface area contributed by atoms with Gasteiger partial charge in [-0.25, -0.2) is 4.79 Å². The maximum absolute atomic E-state index is 10.5. The van der Waals surface area contributed by atoms with Crippen LogP contribution in [0.1, 0.15) is 6.42 Å². The van der Waals surface area contributed by atoms with Crippen molar-refractivity contribution >= 4 is 22.8 Å². The molecule has 4 heteroatoms. The minimum atomic E-state index is -0.615. The Morgan fingerprint density at radius 1 is 1.60 bits per heavy atom. The molecule has 0 unspecified atom stereocenters. The van der Waals surface area contributed by atoms with Crippen LogP contribution in [0.3, 0.4) is 0 Å². The third kappa shape index (κ3) is 3.25. The molecule has 0 aromatic heterocycles. The summed E-state index contributed by atoms with van der Waals surface area (Å²) in [7, 11) is 1.21. The van der Waals surface area contributed by atoms with E-state index in [1.165, 1.54) is 7.11 Å². The summed E-state index contributed by atoms with van der Waals surface area (Å²) in [5.41, 5.74) is 0.0718. The minimum absolute atomic E-state index is 0.0718. The predicted molar refractivity (Wildman–Crippen MR) is 36.6 cm³/mol. The van der Waals surface area contributed by atoms with Crippen molar-refractivity contribution in [2.75, 3.05) is 7.11 Å². The van der Waals surface area contributed by atoms with Crippen molar-refractivity contribution in [3.8, 4) is 0 Å². The van der Waals surface area contributed by atoms with Gasteiger partial charge in [-0.15, -0.1) is 0 Å². The molecule has 3 nitrogen and oxygen atoms in total. The summed E-state index contributed by atoms with van der Waals surface area (Å²) in [6.45, 7) is 3.29. The first-order chi connectivity index (χ1) is 4.57. The van der Waals surface area contributed by atoms with Gasteiger partial charge < -0.3 is 4.74 Å². The quantitative estimate of drug-likeness (QED) is 0.351. The van der Waals surface area contributed by atoms with Crippen molar-refractivity contribution < 1.29 is 14.3 Å². The fourth-order valence-electron chi connectivity index (χ4n) is 0.384. The molecule has 0 aromatic rings. The third-order valence-electron chi connectivity index (χ3n) is 0.826. The Balaban J connectivity index is 3.86. The van der Waals surface area contributed by atoms with E-state index in [1.807, 2.05) is 0 Å². The molecule has 0 heterocycles. The summed E-state index contributed by atoms with van der Waals surface area (Å²) < 4.78 is 4.26. The van der Waals surface area contributed by atoms with Gasteiger partial charge >= 0.3 is 5.97 Å². The molecule has 0 saturated heterocycles. The van der Waals surface area contributed by atoms with E-state index in [0.29, 0.717) is 0 Å². The third-order valence-corrected chi connectivity index (χ3v) is 0.960. The number of hydrogen-bond donors (Lipinski definition) is 0. The van der Waals surface area contributed by atoms with Crippen LogP contribution < -0.4 is 0 Å². The van der Waals surface area contributed by atoms with Crippen LogP contribution in [0.4, 0.5) is 0 Å². The van der Waals surface area contributed by atoms with Crippen molar-refractivity contribution in [2.24, 2.45) is 0 Å². The molecule has 0 saturated carbocycles. The first kappa shape index (κ1) is 9.17. The van der Waals surface area contributed by atoms with Crippen molar-refractivity contribution in [1.82, 2.24) is 0 Å². The van der Waals surface area contributed by atoms with Crippen LogP contribution in [0.2, 0.25) is 0 Å². The van der Waals surface area contributed by atoms with Crippen molar-refractivity contribution in [3.63, 3.8) is 0 Å². The van der Waals surface area contributed by atoms with Gasteiger partial charge in [0, 0.05) is 5.57 Å². The molecule has 0 spiro atoms. The highest BCUT2D eigenvalue weighted by Gasteiger charge is 2.08. The molecule has 0 aliphatic carbocycles. The molecular formula is C6H7ClO3. The van der Waals surface area contributed by atoms with Crippen LogP contribution in [-0.2, 0) is 14.3 Å². The Labute approximate surface area is 63.6 Å². The maximum Gasteiger partial charge on any atom is 0.333 e. The number of esters is 1. The largest absolute Gasteiger partial charge is 0.466 e. The average Bonchev–Trinajstić information content (AvgIpc) is 1.85. The number of halogens is 1. The van der Waals surface area contributed by atoms with Crippen LogP contribution in [0, 0.1) is 0 Å². The average molecular weight is 163 g/mol. The van der Waals surface area contributed by atoms with Crippen molar-refractivity contribution in [1.29, 1.82) is 0 Å². The lowest BCUT2D eigenvalue weighted by Crippen LogP contribution is -2.05. The lowest BCUT2D eigenvalue weighted by Gasteiger charge is -1.97. The molecule has 0 aliphatic heterocycles. The van der Waals surface area contributed by atoms with Crippen LogP contribution in [0.15, 0.2) is 12.2 Å². The van der Waals surface area contributed by atoms with Gasteiger partial charge in [0.1, 0.15) is 0 Å². The molecule has 10 heavy (non-hydrogen) atoms. The first-order valence-electron chi connectivity index (χ1n) is 2.52. The molecule has 0 aliphatic rings. The maximum atomic E-state index is 10.5. The van der Waals surface area contributed by atoms with Crippen molar-refractivity contribution in [2.45, 2.75) is 6.42 Å². The minimum Gasteiger partial charge on any atom is -0.466 e. The zero-order chi connectivity index (χ0) is 8.15. The van der Waals surface area contributed by atoms with E-state index in [-0.39, 0.29) is 12.0 Å². The van der Waals surface area contributed by atoms with Crippen LogP contribution in [-0.4, -0.2) is 18.3 Å². The smallest absolute Gasteiger partial charge is 0.333 e. The molecule has 0 amide bonds. The molecule has 0 bridgehead atoms. The highest BCUT2D eigenvalue weighted by molar-refractivity contribution is 6.64. The molecular weight excluding hydrogens is 156 g/mol. The number of carbonyl (C=O) groups is 2. The summed E-state index contributed by atoms with van der Waals surface area (Å²) >= 11 is 4.97.